The number of benzene rings is 2. The molecule has 0 spiro atoms. The predicted molar refractivity (Wildman–Crippen MR) is 137 cm³/mol. The zero-order valence-electron chi connectivity index (χ0n) is 19.9. The third-order valence-electron chi connectivity index (χ3n) is 5.32. The Bertz CT molecular complexity index is 1290. The second-order valence-electron chi connectivity index (χ2n) is 8.10. The fourth-order valence-corrected chi connectivity index (χ4v) is 4.41. The van der Waals surface area contributed by atoms with Crippen molar-refractivity contribution in [2.75, 3.05) is 37.3 Å². The SMILES string of the molecule is CCOC(=O)Cc1[nH]c2cc(OCCNC[C@H](O)c3ccc(Cl)c(NS(C)(=O)=O)c3)ccc2c1C. The van der Waals surface area contributed by atoms with Crippen LogP contribution in [0.2, 0.25) is 5.02 Å². The Morgan fingerprint density at radius 2 is 2.00 bits per heavy atom. The van der Waals surface area contributed by atoms with Gasteiger partial charge in [0, 0.05) is 35.8 Å². The summed E-state index contributed by atoms with van der Waals surface area (Å²) in [7, 11) is -3.49. The summed E-state index contributed by atoms with van der Waals surface area (Å²) >= 11 is 6.03. The number of esters is 1. The van der Waals surface area contributed by atoms with Crippen LogP contribution in [0.3, 0.4) is 0 Å². The maximum Gasteiger partial charge on any atom is 0.311 e. The zero-order chi connectivity index (χ0) is 25.6. The van der Waals surface area contributed by atoms with Crippen molar-refractivity contribution in [2.45, 2.75) is 26.4 Å². The van der Waals surface area contributed by atoms with Crippen LogP contribution in [-0.2, 0) is 26.0 Å². The third-order valence-corrected chi connectivity index (χ3v) is 6.24. The van der Waals surface area contributed by atoms with Crippen LogP contribution in [0.15, 0.2) is 36.4 Å². The van der Waals surface area contributed by atoms with Crippen molar-refractivity contribution in [2.24, 2.45) is 0 Å². The highest BCUT2D eigenvalue weighted by Gasteiger charge is 2.14. The zero-order valence-corrected chi connectivity index (χ0v) is 21.4. The van der Waals surface area contributed by atoms with E-state index >= 15 is 0 Å². The third kappa shape index (κ3) is 7.60. The van der Waals surface area contributed by atoms with Crippen molar-refractivity contribution in [3.05, 3.63) is 58.2 Å². The summed E-state index contributed by atoms with van der Waals surface area (Å²) < 4.78 is 36.1. The number of ether oxygens (including phenoxy) is 2. The first-order chi connectivity index (χ1) is 16.6. The largest absolute Gasteiger partial charge is 0.492 e. The molecule has 11 heteroatoms. The molecule has 4 N–H and O–H groups in total. The first-order valence-electron chi connectivity index (χ1n) is 11.1. The minimum Gasteiger partial charge on any atom is -0.492 e. The van der Waals surface area contributed by atoms with Gasteiger partial charge < -0.3 is 24.9 Å². The van der Waals surface area contributed by atoms with Crippen LogP contribution in [0, 0.1) is 6.92 Å². The van der Waals surface area contributed by atoms with Crippen molar-refractivity contribution in [3.8, 4) is 5.75 Å². The highest BCUT2D eigenvalue weighted by Crippen LogP contribution is 2.27. The first-order valence-corrected chi connectivity index (χ1v) is 13.4. The van der Waals surface area contributed by atoms with Gasteiger partial charge in [0.05, 0.1) is 36.1 Å². The van der Waals surface area contributed by atoms with E-state index in [1.54, 1.807) is 13.0 Å². The van der Waals surface area contributed by atoms with Crippen LogP contribution in [0.25, 0.3) is 10.9 Å². The number of aryl methyl sites for hydroxylation is 1. The summed E-state index contributed by atoms with van der Waals surface area (Å²) in [6, 6.07) is 10.4. The topological polar surface area (TPSA) is 130 Å². The summed E-state index contributed by atoms with van der Waals surface area (Å²) in [4.78, 5) is 15.1. The highest BCUT2D eigenvalue weighted by molar-refractivity contribution is 7.92. The maximum absolute atomic E-state index is 11.8. The van der Waals surface area contributed by atoms with E-state index in [2.05, 4.69) is 15.0 Å². The molecule has 0 saturated heterocycles. The molecular weight excluding hydrogens is 494 g/mol. The Labute approximate surface area is 209 Å². The Morgan fingerprint density at radius 3 is 2.71 bits per heavy atom. The highest BCUT2D eigenvalue weighted by atomic mass is 35.5. The Kier molecular flexibility index (Phi) is 9.01. The molecule has 0 bridgehead atoms. The number of hydrogen-bond acceptors (Lipinski definition) is 7. The molecular formula is C24H30ClN3O6S. The monoisotopic (exact) mass is 523 g/mol. The molecule has 0 fully saturated rings. The number of carbonyl (C=O) groups is 1. The van der Waals surface area contributed by atoms with Gasteiger partial charge in [-0.1, -0.05) is 17.7 Å². The summed E-state index contributed by atoms with van der Waals surface area (Å²) in [6.07, 6.45) is 0.366. The maximum atomic E-state index is 11.8. The minimum atomic E-state index is -3.49. The van der Waals surface area contributed by atoms with Crippen LogP contribution in [0.1, 0.15) is 29.8 Å². The predicted octanol–water partition coefficient (Wildman–Crippen LogP) is 3.31. The van der Waals surface area contributed by atoms with Gasteiger partial charge in [0.1, 0.15) is 12.4 Å². The Morgan fingerprint density at radius 1 is 1.23 bits per heavy atom. The number of sulfonamides is 1. The lowest BCUT2D eigenvalue weighted by atomic mass is 10.1. The lowest BCUT2D eigenvalue weighted by Gasteiger charge is -2.15. The van der Waals surface area contributed by atoms with Crippen LogP contribution in [0.5, 0.6) is 5.75 Å². The van der Waals surface area contributed by atoms with E-state index in [0.717, 1.165) is 28.4 Å². The Hall–Kier alpha value is -2.79. The van der Waals surface area contributed by atoms with Crippen molar-refractivity contribution >= 4 is 44.2 Å². The normalized spacial score (nSPS) is 12.5. The average Bonchev–Trinajstić information content (AvgIpc) is 3.08. The molecule has 1 atom stereocenters. The van der Waals surface area contributed by atoms with E-state index in [0.29, 0.717) is 31.1 Å². The number of rotatable bonds is 12. The number of aromatic nitrogens is 1. The van der Waals surface area contributed by atoms with Gasteiger partial charge in [-0.2, -0.15) is 0 Å². The quantitative estimate of drug-likeness (QED) is 0.212. The minimum absolute atomic E-state index is 0.191. The van der Waals surface area contributed by atoms with Gasteiger partial charge in [-0.15, -0.1) is 0 Å². The van der Waals surface area contributed by atoms with E-state index in [-0.39, 0.29) is 29.6 Å². The number of anilines is 1. The van der Waals surface area contributed by atoms with Crippen molar-refractivity contribution < 1.29 is 27.8 Å². The van der Waals surface area contributed by atoms with Gasteiger partial charge in [-0.3, -0.25) is 9.52 Å². The summed E-state index contributed by atoms with van der Waals surface area (Å²) in [6.45, 7) is 5.19. The number of H-pyrrole nitrogens is 1. The molecule has 1 heterocycles. The molecule has 0 saturated carbocycles. The van der Waals surface area contributed by atoms with Crippen molar-refractivity contribution in [1.29, 1.82) is 0 Å². The van der Waals surface area contributed by atoms with Crippen molar-refractivity contribution in [1.82, 2.24) is 10.3 Å². The van der Waals surface area contributed by atoms with E-state index in [1.165, 1.54) is 12.1 Å². The molecule has 3 aromatic rings. The van der Waals surface area contributed by atoms with Gasteiger partial charge in [-0.25, -0.2) is 8.42 Å². The van der Waals surface area contributed by atoms with Gasteiger partial charge in [-0.05, 0) is 49.2 Å². The molecule has 35 heavy (non-hydrogen) atoms. The lowest BCUT2D eigenvalue weighted by molar-refractivity contribution is -0.142. The smallest absolute Gasteiger partial charge is 0.311 e. The molecule has 0 aliphatic rings. The number of aliphatic hydroxyl groups is 1. The molecule has 0 radical (unpaired) electrons. The number of hydrogen-bond donors (Lipinski definition) is 4. The molecule has 0 aliphatic carbocycles. The van der Waals surface area contributed by atoms with Crippen LogP contribution in [-0.4, -0.2) is 57.0 Å². The first kappa shape index (κ1) is 26.8. The molecule has 1 aromatic heterocycles. The molecule has 0 unspecified atom stereocenters. The van der Waals surface area contributed by atoms with E-state index in [4.69, 9.17) is 21.1 Å². The van der Waals surface area contributed by atoms with Crippen molar-refractivity contribution in [3.63, 3.8) is 0 Å². The number of fused-ring (bicyclic) bond motifs is 1. The summed E-state index contributed by atoms with van der Waals surface area (Å²) in [5, 5.41) is 14.8. The second kappa shape index (κ2) is 11.8. The van der Waals surface area contributed by atoms with Gasteiger partial charge in [0.25, 0.3) is 0 Å². The summed E-state index contributed by atoms with van der Waals surface area (Å²) in [5.74, 6) is 0.409. The molecule has 9 nitrogen and oxygen atoms in total. The molecule has 2 aromatic carbocycles. The Balaban J connectivity index is 1.50. The number of aromatic amines is 1. The van der Waals surface area contributed by atoms with E-state index < -0.39 is 16.1 Å². The number of carbonyl (C=O) groups excluding carboxylic acids is 1. The average molecular weight is 524 g/mol. The molecule has 0 amide bonds. The molecule has 0 aliphatic heterocycles. The fraction of sp³-hybridized carbons (Fsp3) is 0.375. The van der Waals surface area contributed by atoms with Crippen LogP contribution >= 0.6 is 11.6 Å². The second-order valence-corrected chi connectivity index (χ2v) is 10.3. The van der Waals surface area contributed by atoms with Gasteiger partial charge in [0.15, 0.2) is 0 Å². The molecule has 3 rings (SSSR count). The number of nitrogens with one attached hydrogen (secondary N) is 3. The van der Waals surface area contributed by atoms with Crippen LogP contribution < -0.4 is 14.8 Å². The number of halogens is 1. The van der Waals surface area contributed by atoms with Gasteiger partial charge in [0.2, 0.25) is 10.0 Å². The molecule has 190 valence electrons. The van der Waals surface area contributed by atoms with E-state index in [9.17, 15) is 18.3 Å². The van der Waals surface area contributed by atoms with Crippen LogP contribution in [0.4, 0.5) is 5.69 Å². The lowest BCUT2D eigenvalue weighted by Crippen LogP contribution is -2.26. The number of aliphatic hydroxyl groups excluding tert-OH is 1. The standard InChI is InChI=1S/C24H30ClN3O6S/c1-4-33-24(30)13-20-15(2)18-7-6-17(12-21(18)27-20)34-10-9-26-14-23(29)16-5-8-19(25)22(11-16)28-35(3,31)32/h5-8,11-12,23,26-29H,4,9-10,13-14H2,1-3H3/t23-/m0/s1. The fourth-order valence-electron chi connectivity index (χ4n) is 3.62. The van der Waals surface area contributed by atoms with E-state index in [1.807, 2.05) is 25.1 Å². The van der Waals surface area contributed by atoms with Gasteiger partial charge >= 0.3 is 5.97 Å². The summed E-state index contributed by atoms with van der Waals surface area (Å²) in [5.41, 5.74) is 3.45.